The monoisotopic (exact) mass is 300 g/mol. The standard InChI is InChI=1S/C16H13ClN2O2/c1-19-14-5-3-2-4-13(14)18-15(19)8-10-6-7-11(17)9-12(10)16(20)21/h2-7,9H,8H2,1H3,(H,20,21). The zero-order chi connectivity index (χ0) is 15.0. The van der Waals surface area contributed by atoms with Crippen LogP contribution in [-0.2, 0) is 13.5 Å². The maximum Gasteiger partial charge on any atom is 0.336 e. The molecule has 2 aromatic carbocycles. The molecule has 0 saturated heterocycles. The molecule has 0 radical (unpaired) electrons. The Bertz CT molecular complexity index is 839. The highest BCUT2D eigenvalue weighted by Gasteiger charge is 2.14. The summed E-state index contributed by atoms with van der Waals surface area (Å²) < 4.78 is 1.98. The Morgan fingerprint density at radius 1 is 1.29 bits per heavy atom. The molecule has 0 fully saturated rings. The summed E-state index contributed by atoms with van der Waals surface area (Å²) in [6.45, 7) is 0. The molecule has 0 saturated carbocycles. The molecule has 5 heteroatoms. The lowest BCUT2D eigenvalue weighted by Crippen LogP contribution is -2.06. The Hall–Kier alpha value is -2.33. The third kappa shape index (κ3) is 2.50. The van der Waals surface area contributed by atoms with E-state index >= 15 is 0 Å². The van der Waals surface area contributed by atoms with E-state index in [1.807, 2.05) is 35.9 Å². The first-order chi connectivity index (χ1) is 10.1. The summed E-state index contributed by atoms with van der Waals surface area (Å²) in [4.78, 5) is 15.9. The number of hydrogen-bond donors (Lipinski definition) is 1. The van der Waals surface area contributed by atoms with Gasteiger partial charge >= 0.3 is 5.97 Å². The number of benzene rings is 2. The number of halogens is 1. The van der Waals surface area contributed by atoms with Gasteiger partial charge in [-0.25, -0.2) is 9.78 Å². The van der Waals surface area contributed by atoms with Crippen molar-refractivity contribution in [1.82, 2.24) is 9.55 Å². The van der Waals surface area contributed by atoms with Crippen molar-refractivity contribution in [2.75, 3.05) is 0 Å². The Morgan fingerprint density at radius 3 is 2.76 bits per heavy atom. The molecule has 106 valence electrons. The van der Waals surface area contributed by atoms with Crippen molar-refractivity contribution in [3.05, 3.63) is 64.4 Å². The molecule has 1 N–H and O–H groups in total. The summed E-state index contributed by atoms with van der Waals surface area (Å²) in [6.07, 6.45) is 0.448. The van der Waals surface area contributed by atoms with Gasteiger partial charge < -0.3 is 9.67 Å². The van der Waals surface area contributed by atoms with E-state index in [1.54, 1.807) is 12.1 Å². The van der Waals surface area contributed by atoms with Gasteiger partial charge in [-0.15, -0.1) is 0 Å². The van der Waals surface area contributed by atoms with Gasteiger partial charge in [0.25, 0.3) is 0 Å². The van der Waals surface area contributed by atoms with E-state index < -0.39 is 5.97 Å². The van der Waals surface area contributed by atoms with Gasteiger partial charge in [0.05, 0.1) is 16.6 Å². The molecule has 1 aromatic heterocycles. The molecular weight excluding hydrogens is 288 g/mol. The molecule has 0 amide bonds. The number of carbonyl (C=O) groups is 1. The third-order valence-electron chi connectivity index (χ3n) is 3.53. The van der Waals surface area contributed by atoms with Crippen LogP contribution in [0.15, 0.2) is 42.5 Å². The van der Waals surface area contributed by atoms with Crippen molar-refractivity contribution in [3.63, 3.8) is 0 Å². The Labute approximate surface area is 126 Å². The molecule has 3 aromatic rings. The van der Waals surface area contributed by atoms with Gasteiger partial charge in [0.2, 0.25) is 0 Å². The topological polar surface area (TPSA) is 55.1 Å². The fraction of sp³-hybridized carbons (Fsp3) is 0.125. The molecule has 0 aliphatic heterocycles. The molecule has 1 heterocycles. The van der Waals surface area contributed by atoms with Crippen LogP contribution in [0.5, 0.6) is 0 Å². The van der Waals surface area contributed by atoms with E-state index in [9.17, 15) is 9.90 Å². The van der Waals surface area contributed by atoms with Crippen LogP contribution in [0, 0.1) is 0 Å². The summed E-state index contributed by atoms with van der Waals surface area (Å²) in [5.74, 6) is -0.160. The van der Waals surface area contributed by atoms with Crippen molar-refractivity contribution in [3.8, 4) is 0 Å². The smallest absolute Gasteiger partial charge is 0.336 e. The highest BCUT2D eigenvalue weighted by atomic mass is 35.5. The van der Waals surface area contributed by atoms with Gasteiger partial charge in [0.1, 0.15) is 5.82 Å². The minimum Gasteiger partial charge on any atom is -0.478 e. The van der Waals surface area contributed by atoms with Crippen LogP contribution < -0.4 is 0 Å². The van der Waals surface area contributed by atoms with Gasteiger partial charge in [-0.2, -0.15) is 0 Å². The summed E-state index contributed by atoms with van der Waals surface area (Å²) in [6, 6.07) is 12.7. The van der Waals surface area contributed by atoms with Crippen molar-refractivity contribution >= 4 is 28.6 Å². The van der Waals surface area contributed by atoms with E-state index in [-0.39, 0.29) is 5.56 Å². The highest BCUT2D eigenvalue weighted by Crippen LogP contribution is 2.21. The zero-order valence-corrected chi connectivity index (χ0v) is 12.1. The number of rotatable bonds is 3. The van der Waals surface area contributed by atoms with Crippen LogP contribution in [0.1, 0.15) is 21.7 Å². The number of carboxylic acid groups (broad SMARTS) is 1. The lowest BCUT2D eigenvalue weighted by Gasteiger charge is -2.07. The van der Waals surface area contributed by atoms with E-state index in [4.69, 9.17) is 11.6 Å². The van der Waals surface area contributed by atoms with Crippen molar-refractivity contribution in [2.45, 2.75) is 6.42 Å². The van der Waals surface area contributed by atoms with Crippen molar-refractivity contribution < 1.29 is 9.90 Å². The number of fused-ring (bicyclic) bond motifs is 1. The predicted molar refractivity (Wildman–Crippen MR) is 81.9 cm³/mol. The minimum absolute atomic E-state index is 0.217. The van der Waals surface area contributed by atoms with Gasteiger partial charge in [-0.1, -0.05) is 29.8 Å². The number of aryl methyl sites for hydroxylation is 1. The molecule has 4 nitrogen and oxygen atoms in total. The molecule has 0 atom stereocenters. The second-order valence-electron chi connectivity index (χ2n) is 4.86. The summed E-state index contributed by atoms with van der Waals surface area (Å²) in [7, 11) is 1.93. The molecule has 0 unspecified atom stereocenters. The molecule has 0 aliphatic carbocycles. The van der Waals surface area contributed by atoms with Crippen molar-refractivity contribution in [2.24, 2.45) is 7.05 Å². The number of aromatic carboxylic acids is 1. The van der Waals surface area contributed by atoms with Crippen LogP contribution in [0.25, 0.3) is 11.0 Å². The van der Waals surface area contributed by atoms with E-state index in [0.29, 0.717) is 17.0 Å². The SMILES string of the molecule is Cn1c(Cc2ccc(Cl)cc2C(=O)O)nc2ccccc21. The summed E-state index contributed by atoms with van der Waals surface area (Å²) in [5, 5.41) is 9.71. The van der Waals surface area contributed by atoms with Crippen LogP contribution in [0.4, 0.5) is 0 Å². The average Bonchev–Trinajstić information content (AvgIpc) is 2.78. The lowest BCUT2D eigenvalue weighted by atomic mass is 10.0. The van der Waals surface area contributed by atoms with Gasteiger partial charge in [0, 0.05) is 18.5 Å². The first-order valence-electron chi connectivity index (χ1n) is 6.48. The Kier molecular flexibility index (Phi) is 3.39. The molecule has 21 heavy (non-hydrogen) atoms. The highest BCUT2D eigenvalue weighted by molar-refractivity contribution is 6.31. The number of nitrogens with zero attached hydrogens (tertiary/aromatic N) is 2. The number of para-hydroxylation sites is 2. The average molecular weight is 301 g/mol. The number of imidazole rings is 1. The fourth-order valence-corrected chi connectivity index (χ4v) is 2.60. The van der Waals surface area contributed by atoms with Gasteiger partial charge in [-0.3, -0.25) is 0 Å². The first kappa shape index (κ1) is 13.6. The number of carboxylic acids is 1. The second kappa shape index (κ2) is 5.22. The Balaban J connectivity index is 2.06. The van der Waals surface area contributed by atoms with Gasteiger partial charge in [-0.05, 0) is 29.8 Å². The minimum atomic E-state index is -0.980. The van der Waals surface area contributed by atoms with E-state index in [2.05, 4.69) is 4.98 Å². The predicted octanol–water partition coefficient (Wildman–Crippen LogP) is 3.52. The molecule has 0 bridgehead atoms. The molecule has 3 rings (SSSR count). The van der Waals surface area contributed by atoms with E-state index in [0.717, 1.165) is 16.9 Å². The number of hydrogen-bond acceptors (Lipinski definition) is 2. The van der Waals surface area contributed by atoms with Gasteiger partial charge in [0.15, 0.2) is 0 Å². The molecular formula is C16H13ClN2O2. The van der Waals surface area contributed by atoms with Crippen LogP contribution in [0.2, 0.25) is 5.02 Å². The Morgan fingerprint density at radius 2 is 2.05 bits per heavy atom. The molecule has 0 spiro atoms. The fourth-order valence-electron chi connectivity index (χ4n) is 2.43. The largest absolute Gasteiger partial charge is 0.478 e. The quantitative estimate of drug-likeness (QED) is 0.805. The lowest BCUT2D eigenvalue weighted by molar-refractivity contribution is 0.0696. The van der Waals surface area contributed by atoms with Crippen LogP contribution >= 0.6 is 11.6 Å². The zero-order valence-electron chi connectivity index (χ0n) is 11.4. The van der Waals surface area contributed by atoms with Crippen LogP contribution in [-0.4, -0.2) is 20.6 Å². The maximum absolute atomic E-state index is 11.3. The van der Waals surface area contributed by atoms with Crippen molar-refractivity contribution in [1.29, 1.82) is 0 Å². The molecule has 0 aliphatic rings. The first-order valence-corrected chi connectivity index (χ1v) is 6.86. The van der Waals surface area contributed by atoms with E-state index in [1.165, 1.54) is 6.07 Å². The number of aromatic nitrogens is 2. The van der Waals surface area contributed by atoms with Crippen LogP contribution in [0.3, 0.4) is 0 Å². The second-order valence-corrected chi connectivity index (χ2v) is 5.30. The maximum atomic E-state index is 11.3. The summed E-state index contributed by atoms with van der Waals surface area (Å²) in [5.41, 5.74) is 2.85. The normalized spacial score (nSPS) is 11.0. The third-order valence-corrected chi connectivity index (χ3v) is 3.77. The summed E-state index contributed by atoms with van der Waals surface area (Å²) >= 11 is 5.88.